The molecule has 0 fully saturated rings. The first-order chi connectivity index (χ1) is 9.22. The number of aryl methyl sites for hydroxylation is 2. The summed E-state index contributed by atoms with van der Waals surface area (Å²) < 4.78 is 54.6. The second-order valence-corrected chi connectivity index (χ2v) is 5.97. The number of anilines is 1. The Morgan fingerprint density at radius 3 is 2.45 bits per heavy atom. The Morgan fingerprint density at radius 1 is 1.25 bits per heavy atom. The lowest BCUT2D eigenvalue weighted by atomic mass is 10.3. The molecule has 0 amide bonds. The van der Waals surface area contributed by atoms with Gasteiger partial charge in [0.05, 0.1) is 17.1 Å². The molecule has 5 nitrogen and oxygen atoms in total. The lowest BCUT2D eigenvalue weighted by molar-refractivity contribution is 0.593. The van der Waals surface area contributed by atoms with Gasteiger partial charge in [-0.25, -0.2) is 17.2 Å². The van der Waals surface area contributed by atoms with Gasteiger partial charge in [0.25, 0.3) is 10.0 Å². The molecule has 0 unspecified atom stereocenters. The van der Waals surface area contributed by atoms with Crippen LogP contribution in [0, 0.1) is 25.5 Å². The van der Waals surface area contributed by atoms with E-state index in [2.05, 4.69) is 5.10 Å². The van der Waals surface area contributed by atoms with Crippen LogP contribution in [0.25, 0.3) is 0 Å². The van der Waals surface area contributed by atoms with E-state index in [4.69, 9.17) is 0 Å². The zero-order valence-corrected chi connectivity index (χ0v) is 11.9. The predicted octanol–water partition coefficient (Wildman–Crippen LogP) is 2.12. The molecule has 1 aromatic heterocycles. The van der Waals surface area contributed by atoms with Gasteiger partial charge >= 0.3 is 0 Å². The van der Waals surface area contributed by atoms with Crippen LogP contribution >= 0.6 is 0 Å². The minimum Gasteiger partial charge on any atom is -0.276 e. The first-order valence-electron chi connectivity index (χ1n) is 5.70. The highest BCUT2D eigenvalue weighted by molar-refractivity contribution is 7.92. The van der Waals surface area contributed by atoms with Gasteiger partial charge in [-0.3, -0.25) is 9.40 Å². The number of rotatable bonds is 3. The molecule has 0 saturated heterocycles. The van der Waals surface area contributed by atoms with Crippen molar-refractivity contribution in [2.75, 3.05) is 4.72 Å². The second kappa shape index (κ2) is 4.86. The third kappa shape index (κ3) is 2.51. The minimum absolute atomic E-state index is 0.0383. The number of hydrogen-bond acceptors (Lipinski definition) is 3. The first-order valence-corrected chi connectivity index (χ1v) is 7.19. The summed E-state index contributed by atoms with van der Waals surface area (Å²) in [5.74, 6) is -1.59. The fourth-order valence-electron chi connectivity index (χ4n) is 1.91. The van der Waals surface area contributed by atoms with Gasteiger partial charge in [0, 0.05) is 13.1 Å². The summed E-state index contributed by atoms with van der Waals surface area (Å²) >= 11 is 0. The third-order valence-electron chi connectivity index (χ3n) is 2.88. The Labute approximate surface area is 115 Å². The first kappa shape index (κ1) is 14.4. The third-order valence-corrected chi connectivity index (χ3v) is 4.50. The van der Waals surface area contributed by atoms with Gasteiger partial charge < -0.3 is 0 Å². The number of nitrogens with zero attached hydrogens (tertiary/aromatic N) is 2. The van der Waals surface area contributed by atoms with Crippen LogP contribution in [0.3, 0.4) is 0 Å². The van der Waals surface area contributed by atoms with Crippen LogP contribution < -0.4 is 4.72 Å². The quantitative estimate of drug-likeness (QED) is 0.944. The molecular formula is C12H13F2N3O2S. The Morgan fingerprint density at radius 2 is 1.90 bits per heavy atom. The molecule has 2 aromatic rings. The van der Waals surface area contributed by atoms with Crippen LogP contribution in [0.4, 0.5) is 14.5 Å². The molecule has 0 spiro atoms. The minimum atomic E-state index is -4.03. The molecule has 0 bridgehead atoms. The number of aromatic nitrogens is 2. The van der Waals surface area contributed by atoms with Crippen LogP contribution in [0.2, 0.25) is 0 Å². The summed E-state index contributed by atoms with van der Waals surface area (Å²) in [5.41, 5.74) is 0.258. The summed E-state index contributed by atoms with van der Waals surface area (Å²) in [6.45, 7) is 3.11. The van der Waals surface area contributed by atoms with Crippen molar-refractivity contribution in [3.63, 3.8) is 0 Å². The maximum Gasteiger partial charge on any atom is 0.265 e. The van der Waals surface area contributed by atoms with Crippen molar-refractivity contribution < 1.29 is 17.2 Å². The topological polar surface area (TPSA) is 64.0 Å². The van der Waals surface area contributed by atoms with E-state index in [1.54, 1.807) is 14.0 Å². The molecule has 1 N–H and O–H groups in total. The Hall–Kier alpha value is -1.96. The average Bonchev–Trinajstić information content (AvgIpc) is 2.58. The lowest BCUT2D eigenvalue weighted by Gasteiger charge is -2.09. The number of halogens is 2. The average molecular weight is 301 g/mol. The molecule has 0 aliphatic heterocycles. The monoisotopic (exact) mass is 301 g/mol. The zero-order chi connectivity index (χ0) is 15.1. The molecule has 0 aliphatic rings. The zero-order valence-electron chi connectivity index (χ0n) is 11.1. The smallest absolute Gasteiger partial charge is 0.265 e. The van der Waals surface area contributed by atoms with E-state index in [9.17, 15) is 17.2 Å². The number of hydrogen-bond donors (Lipinski definition) is 1. The van der Waals surface area contributed by atoms with Crippen molar-refractivity contribution in [2.24, 2.45) is 7.05 Å². The van der Waals surface area contributed by atoms with E-state index in [-0.39, 0.29) is 10.6 Å². The van der Waals surface area contributed by atoms with Gasteiger partial charge in [-0.15, -0.1) is 0 Å². The van der Waals surface area contributed by atoms with Crippen LogP contribution in [0.1, 0.15) is 11.4 Å². The van der Waals surface area contributed by atoms with Crippen molar-refractivity contribution in [1.29, 1.82) is 0 Å². The Kier molecular flexibility index (Phi) is 3.51. The van der Waals surface area contributed by atoms with Crippen LogP contribution in [0.5, 0.6) is 0 Å². The largest absolute Gasteiger partial charge is 0.276 e. The van der Waals surface area contributed by atoms with Gasteiger partial charge in [-0.2, -0.15) is 5.10 Å². The molecule has 0 aliphatic carbocycles. The fraction of sp³-hybridized carbons (Fsp3) is 0.250. The highest BCUT2D eigenvalue weighted by Gasteiger charge is 2.24. The van der Waals surface area contributed by atoms with Crippen molar-refractivity contribution in [2.45, 2.75) is 18.7 Å². The second-order valence-electron chi connectivity index (χ2n) is 4.35. The van der Waals surface area contributed by atoms with E-state index in [1.165, 1.54) is 11.6 Å². The van der Waals surface area contributed by atoms with Crippen molar-refractivity contribution in [3.8, 4) is 0 Å². The predicted molar refractivity (Wildman–Crippen MR) is 69.8 cm³/mol. The normalized spacial score (nSPS) is 11.7. The molecule has 20 heavy (non-hydrogen) atoms. The van der Waals surface area contributed by atoms with Crippen LogP contribution in [-0.4, -0.2) is 18.2 Å². The van der Waals surface area contributed by atoms with Crippen LogP contribution in [-0.2, 0) is 17.1 Å². The standard InChI is InChI=1S/C12H13F2N3O2S/c1-7-12(8(2)17(3)15-7)20(18,19)16-11-6-9(13)4-5-10(11)14/h4-6,16H,1-3H3. The van der Waals surface area contributed by atoms with E-state index in [0.717, 1.165) is 18.2 Å². The van der Waals surface area contributed by atoms with Gasteiger partial charge in [0.2, 0.25) is 0 Å². The summed E-state index contributed by atoms with van der Waals surface area (Å²) in [6, 6.07) is 2.55. The van der Waals surface area contributed by atoms with Gasteiger partial charge in [0.15, 0.2) is 0 Å². The molecule has 0 radical (unpaired) electrons. The highest BCUT2D eigenvalue weighted by Crippen LogP contribution is 2.24. The van der Waals surface area contributed by atoms with Crippen LogP contribution in [0.15, 0.2) is 23.1 Å². The van der Waals surface area contributed by atoms with Crippen molar-refractivity contribution in [1.82, 2.24) is 9.78 Å². The van der Waals surface area contributed by atoms with E-state index in [0.29, 0.717) is 5.69 Å². The lowest BCUT2D eigenvalue weighted by Crippen LogP contribution is -2.16. The summed E-state index contributed by atoms with van der Waals surface area (Å²) in [5, 5.41) is 3.99. The summed E-state index contributed by atoms with van der Waals surface area (Å²) in [6.07, 6.45) is 0. The van der Waals surface area contributed by atoms with Gasteiger partial charge in [-0.1, -0.05) is 0 Å². The summed E-state index contributed by atoms with van der Waals surface area (Å²) in [7, 11) is -2.43. The molecular weight excluding hydrogens is 288 g/mol. The highest BCUT2D eigenvalue weighted by atomic mass is 32.2. The SMILES string of the molecule is Cc1nn(C)c(C)c1S(=O)(=O)Nc1cc(F)ccc1F. The Bertz CT molecular complexity index is 769. The fourth-order valence-corrected chi connectivity index (χ4v) is 3.41. The van der Waals surface area contributed by atoms with Gasteiger partial charge in [0.1, 0.15) is 16.5 Å². The Balaban J connectivity index is 2.49. The van der Waals surface area contributed by atoms with Crippen molar-refractivity contribution >= 4 is 15.7 Å². The molecule has 1 aromatic carbocycles. The number of nitrogens with one attached hydrogen (secondary N) is 1. The van der Waals surface area contributed by atoms with E-state index >= 15 is 0 Å². The number of sulfonamides is 1. The maximum atomic E-state index is 13.5. The van der Waals surface area contributed by atoms with Crippen molar-refractivity contribution in [3.05, 3.63) is 41.2 Å². The van der Waals surface area contributed by atoms with Gasteiger partial charge in [-0.05, 0) is 26.0 Å². The molecule has 0 atom stereocenters. The molecule has 108 valence electrons. The summed E-state index contributed by atoms with van der Waals surface area (Å²) in [4.78, 5) is -0.0383. The van der Waals surface area contributed by atoms with E-state index < -0.39 is 27.3 Å². The van der Waals surface area contributed by atoms with E-state index in [1.807, 2.05) is 4.72 Å². The number of benzene rings is 1. The molecule has 1 heterocycles. The molecule has 8 heteroatoms. The molecule has 0 saturated carbocycles. The molecule has 2 rings (SSSR count). The maximum absolute atomic E-state index is 13.5.